The van der Waals surface area contributed by atoms with Crippen molar-refractivity contribution in [3.63, 3.8) is 0 Å². The summed E-state index contributed by atoms with van der Waals surface area (Å²) in [6.45, 7) is 4.00. The van der Waals surface area contributed by atoms with Crippen LogP contribution in [0.5, 0.6) is 0 Å². The van der Waals surface area contributed by atoms with Crippen molar-refractivity contribution < 1.29 is 18.0 Å². The van der Waals surface area contributed by atoms with Gasteiger partial charge in [0, 0.05) is 6.54 Å². The molecule has 0 aliphatic rings. The number of rotatable bonds is 5. The molecule has 0 aliphatic carbocycles. The number of amides is 1. The molecular formula is C10H19F3N2O. The summed E-state index contributed by atoms with van der Waals surface area (Å²) in [5.74, 6) is -0.797. The largest absolute Gasteiger partial charge is 0.406 e. The van der Waals surface area contributed by atoms with Crippen molar-refractivity contribution in [1.82, 2.24) is 4.90 Å². The molecule has 0 aromatic heterocycles. The minimum absolute atomic E-state index is 0.0821. The molecule has 6 heteroatoms. The van der Waals surface area contributed by atoms with Crippen LogP contribution in [0.15, 0.2) is 0 Å². The molecule has 0 unspecified atom stereocenters. The summed E-state index contributed by atoms with van der Waals surface area (Å²) in [6, 6.07) is -0.867. The van der Waals surface area contributed by atoms with Crippen LogP contribution in [0.1, 0.15) is 27.2 Å². The zero-order valence-electron chi connectivity index (χ0n) is 9.84. The van der Waals surface area contributed by atoms with Crippen molar-refractivity contribution in [2.45, 2.75) is 39.4 Å². The average molecular weight is 240 g/mol. The monoisotopic (exact) mass is 240 g/mol. The Morgan fingerprint density at radius 3 is 2.19 bits per heavy atom. The van der Waals surface area contributed by atoms with E-state index in [4.69, 9.17) is 5.73 Å². The van der Waals surface area contributed by atoms with Crippen molar-refractivity contribution in [3.8, 4) is 0 Å². The van der Waals surface area contributed by atoms with Crippen molar-refractivity contribution in [2.75, 3.05) is 13.1 Å². The van der Waals surface area contributed by atoms with Gasteiger partial charge in [-0.2, -0.15) is 13.2 Å². The molecule has 0 aromatic carbocycles. The molecule has 0 saturated heterocycles. The van der Waals surface area contributed by atoms with E-state index in [0.29, 0.717) is 6.42 Å². The Bertz CT molecular complexity index is 229. The molecular weight excluding hydrogens is 221 g/mol. The minimum Gasteiger partial charge on any atom is -0.332 e. The SMILES string of the molecule is CCCN(CC(F)(F)F)C(=O)[C@@H](N)C(C)C. The Kier molecular flexibility index (Phi) is 5.78. The molecule has 0 bridgehead atoms. The van der Waals surface area contributed by atoms with Crippen molar-refractivity contribution in [2.24, 2.45) is 11.7 Å². The van der Waals surface area contributed by atoms with Gasteiger partial charge in [-0.05, 0) is 12.3 Å². The van der Waals surface area contributed by atoms with E-state index in [-0.39, 0.29) is 12.5 Å². The van der Waals surface area contributed by atoms with Gasteiger partial charge in [0.25, 0.3) is 0 Å². The predicted molar refractivity (Wildman–Crippen MR) is 55.7 cm³/mol. The van der Waals surface area contributed by atoms with Crippen LogP contribution in [0.2, 0.25) is 0 Å². The lowest BCUT2D eigenvalue weighted by molar-refractivity contribution is -0.162. The van der Waals surface area contributed by atoms with Crippen LogP contribution in [0, 0.1) is 5.92 Å². The number of alkyl halides is 3. The first kappa shape index (κ1) is 15.2. The lowest BCUT2D eigenvalue weighted by Gasteiger charge is -2.27. The Balaban J connectivity index is 4.59. The summed E-state index contributed by atoms with van der Waals surface area (Å²) in [7, 11) is 0. The smallest absolute Gasteiger partial charge is 0.332 e. The second kappa shape index (κ2) is 6.08. The zero-order chi connectivity index (χ0) is 12.9. The fourth-order valence-electron chi connectivity index (χ4n) is 1.25. The lowest BCUT2D eigenvalue weighted by atomic mass is 10.0. The first-order valence-electron chi connectivity index (χ1n) is 5.30. The second-order valence-corrected chi connectivity index (χ2v) is 4.14. The molecule has 0 aromatic rings. The highest BCUT2D eigenvalue weighted by Gasteiger charge is 2.34. The Labute approximate surface area is 93.8 Å². The summed E-state index contributed by atoms with van der Waals surface area (Å²) in [5, 5.41) is 0. The third-order valence-electron chi connectivity index (χ3n) is 2.18. The van der Waals surface area contributed by atoms with E-state index < -0.39 is 24.7 Å². The number of carbonyl (C=O) groups excluding carboxylic acids is 1. The molecule has 96 valence electrons. The third-order valence-corrected chi connectivity index (χ3v) is 2.18. The molecule has 0 heterocycles. The lowest BCUT2D eigenvalue weighted by Crippen LogP contribution is -2.49. The minimum atomic E-state index is -4.37. The first-order chi connectivity index (χ1) is 7.19. The van der Waals surface area contributed by atoms with Crippen LogP contribution in [0.25, 0.3) is 0 Å². The van der Waals surface area contributed by atoms with Crippen LogP contribution < -0.4 is 5.73 Å². The molecule has 0 spiro atoms. The molecule has 16 heavy (non-hydrogen) atoms. The predicted octanol–water partition coefficient (Wildman–Crippen LogP) is 1.77. The van der Waals surface area contributed by atoms with Crippen molar-refractivity contribution in [1.29, 1.82) is 0 Å². The molecule has 0 aliphatic heterocycles. The number of halogens is 3. The van der Waals surface area contributed by atoms with Gasteiger partial charge in [0.2, 0.25) is 5.91 Å². The number of hydrogen-bond acceptors (Lipinski definition) is 2. The maximum atomic E-state index is 12.2. The van der Waals surface area contributed by atoms with Crippen molar-refractivity contribution in [3.05, 3.63) is 0 Å². The maximum absolute atomic E-state index is 12.2. The van der Waals surface area contributed by atoms with Gasteiger partial charge in [0.05, 0.1) is 6.04 Å². The second-order valence-electron chi connectivity index (χ2n) is 4.14. The summed E-state index contributed by atoms with van der Waals surface area (Å²) in [6.07, 6.45) is -3.89. The van der Waals surface area contributed by atoms with E-state index in [1.807, 2.05) is 0 Å². The average Bonchev–Trinajstić information content (AvgIpc) is 2.12. The van der Waals surface area contributed by atoms with E-state index in [0.717, 1.165) is 4.90 Å². The normalized spacial score (nSPS) is 14.0. The molecule has 0 radical (unpaired) electrons. The third kappa shape index (κ3) is 5.34. The number of nitrogens with two attached hydrogens (primary N) is 1. The highest BCUT2D eigenvalue weighted by Crippen LogP contribution is 2.17. The van der Waals surface area contributed by atoms with Gasteiger partial charge in [-0.1, -0.05) is 20.8 Å². The van der Waals surface area contributed by atoms with E-state index in [1.165, 1.54) is 0 Å². The fraction of sp³-hybridized carbons (Fsp3) is 0.900. The van der Waals surface area contributed by atoms with Crippen LogP contribution in [0.4, 0.5) is 13.2 Å². The summed E-state index contributed by atoms with van der Waals surface area (Å²) < 4.78 is 36.7. The van der Waals surface area contributed by atoms with Gasteiger partial charge < -0.3 is 10.6 Å². The standard InChI is InChI=1S/C10H19F3N2O/c1-4-5-15(6-10(11,12)13)9(16)8(14)7(2)3/h7-8H,4-6,14H2,1-3H3/t8-/m0/s1. The quantitative estimate of drug-likeness (QED) is 0.796. The van der Waals surface area contributed by atoms with Gasteiger partial charge >= 0.3 is 6.18 Å². The Hall–Kier alpha value is -0.780. The van der Waals surface area contributed by atoms with Crippen molar-refractivity contribution >= 4 is 5.91 Å². The zero-order valence-corrected chi connectivity index (χ0v) is 9.84. The van der Waals surface area contributed by atoms with E-state index in [2.05, 4.69) is 0 Å². The maximum Gasteiger partial charge on any atom is 0.406 e. The van der Waals surface area contributed by atoms with Crippen LogP contribution in [0.3, 0.4) is 0 Å². The topological polar surface area (TPSA) is 46.3 Å². The van der Waals surface area contributed by atoms with E-state index >= 15 is 0 Å². The van der Waals surface area contributed by atoms with Gasteiger partial charge in [-0.15, -0.1) is 0 Å². The number of nitrogens with zero attached hydrogens (tertiary/aromatic N) is 1. The fourth-order valence-corrected chi connectivity index (χ4v) is 1.25. The van der Waals surface area contributed by atoms with Gasteiger partial charge in [0.15, 0.2) is 0 Å². The Morgan fingerprint density at radius 2 is 1.88 bits per heavy atom. The highest BCUT2D eigenvalue weighted by atomic mass is 19.4. The van der Waals surface area contributed by atoms with E-state index in [1.54, 1.807) is 20.8 Å². The summed E-state index contributed by atoms with van der Waals surface area (Å²) in [5.41, 5.74) is 5.55. The Morgan fingerprint density at radius 1 is 1.38 bits per heavy atom. The summed E-state index contributed by atoms with van der Waals surface area (Å²) >= 11 is 0. The van der Waals surface area contributed by atoms with Gasteiger partial charge in [-0.3, -0.25) is 4.79 Å². The molecule has 0 fully saturated rings. The molecule has 0 saturated carbocycles. The molecule has 0 rings (SSSR count). The van der Waals surface area contributed by atoms with Crippen LogP contribution >= 0.6 is 0 Å². The molecule has 3 nitrogen and oxygen atoms in total. The molecule has 1 atom stereocenters. The molecule has 2 N–H and O–H groups in total. The highest BCUT2D eigenvalue weighted by molar-refractivity contribution is 5.81. The van der Waals surface area contributed by atoms with Gasteiger partial charge in [-0.25, -0.2) is 0 Å². The van der Waals surface area contributed by atoms with Crippen LogP contribution in [-0.4, -0.2) is 36.1 Å². The molecule has 1 amide bonds. The number of hydrogen-bond donors (Lipinski definition) is 1. The van der Waals surface area contributed by atoms with Crippen LogP contribution in [-0.2, 0) is 4.79 Å². The number of carbonyl (C=O) groups is 1. The first-order valence-corrected chi connectivity index (χ1v) is 5.30. The summed E-state index contributed by atoms with van der Waals surface area (Å²) in [4.78, 5) is 12.4. The van der Waals surface area contributed by atoms with Gasteiger partial charge in [0.1, 0.15) is 6.54 Å². The van der Waals surface area contributed by atoms with E-state index in [9.17, 15) is 18.0 Å².